The van der Waals surface area contributed by atoms with Crippen LogP contribution >= 0.6 is 0 Å². The van der Waals surface area contributed by atoms with E-state index < -0.39 is 24.8 Å². The molecule has 6 nitrogen and oxygen atoms in total. The molecular formula is C22H30O6. The van der Waals surface area contributed by atoms with Crippen LogP contribution in [0.1, 0.15) is 44.6 Å². The summed E-state index contributed by atoms with van der Waals surface area (Å²) in [6, 6.07) is 7.00. The molecule has 0 amide bonds. The standard InChI is InChI=1S/C22H30O6/c1-2-3-4-7-16(23)9-10-18-19(21(25)13-20(18)24)12-15-6-5-8-17(11-15)28-14-22(26)27/h5-6,8-11,16,18-20,23-24H,2-4,7,12-14H2,1H3,(H,26,27)/b10-9+/t16?,18?,19?,20-/m1/s1. The van der Waals surface area contributed by atoms with Crippen LogP contribution in [0, 0.1) is 11.8 Å². The van der Waals surface area contributed by atoms with E-state index in [4.69, 9.17) is 9.84 Å². The number of aliphatic carboxylic acids is 1. The molecule has 0 aliphatic heterocycles. The Morgan fingerprint density at radius 3 is 2.86 bits per heavy atom. The molecule has 1 aliphatic carbocycles. The summed E-state index contributed by atoms with van der Waals surface area (Å²) in [6.45, 7) is 1.68. The third-order valence-electron chi connectivity index (χ3n) is 5.11. The predicted molar refractivity (Wildman–Crippen MR) is 105 cm³/mol. The fourth-order valence-corrected chi connectivity index (χ4v) is 3.61. The Balaban J connectivity index is 2.02. The SMILES string of the molecule is CCCCCC(O)/C=C/C1C(Cc2cccc(OCC(=O)O)c2)C(=O)C[C@H]1O. The lowest BCUT2D eigenvalue weighted by Crippen LogP contribution is -2.21. The second kappa shape index (κ2) is 11.0. The number of rotatable bonds is 11. The minimum absolute atomic E-state index is 0.000481. The molecular weight excluding hydrogens is 360 g/mol. The van der Waals surface area contributed by atoms with Gasteiger partial charge in [0, 0.05) is 18.3 Å². The second-order valence-electron chi connectivity index (χ2n) is 7.40. The lowest BCUT2D eigenvalue weighted by atomic mass is 9.87. The van der Waals surface area contributed by atoms with Crippen molar-refractivity contribution < 1.29 is 29.6 Å². The number of hydrogen-bond donors (Lipinski definition) is 3. The Bertz CT molecular complexity index is 683. The van der Waals surface area contributed by atoms with Crippen LogP contribution in [0.4, 0.5) is 0 Å². The molecule has 6 heteroatoms. The summed E-state index contributed by atoms with van der Waals surface area (Å²) in [7, 11) is 0. The van der Waals surface area contributed by atoms with Crippen molar-refractivity contribution >= 4 is 11.8 Å². The van der Waals surface area contributed by atoms with Crippen LogP contribution in [0.2, 0.25) is 0 Å². The van der Waals surface area contributed by atoms with Gasteiger partial charge in [-0.1, -0.05) is 50.5 Å². The third-order valence-corrected chi connectivity index (χ3v) is 5.11. The zero-order valence-corrected chi connectivity index (χ0v) is 16.3. The highest BCUT2D eigenvalue weighted by atomic mass is 16.5. The number of carboxylic acids is 1. The van der Waals surface area contributed by atoms with Crippen molar-refractivity contribution in [1.29, 1.82) is 0 Å². The van der Waals surface area contributed by atoms with Crippen molar-refractivity contribution in [3.8, 4) is 5.75 Å². The maximum atomic E-state index is 12.4. The van der Waals surface area contributed by atoms with Crippen molar-refractivity contribution in [2.45, 2.75) is 57.7 Å². The van der Waals surface area contributed by atoms with Crippen molar-refractivity contribution in [2.75, 3.05) is 6.61 Å². The van der Waals surface area contributed by atoms with E-state index >= 15 is 0 Å². The van der Waals surface area contributed by atoms with E-state index in [0.29, 0.717) is 18.6 Å². The summed E-state index contributed by atoms with van der Waals surface area (Å²) in [5, 5.41) is 29.1. The third kappa shape index (κ3) is 6.77. The molecule has 3 N–H and O–H groups in total. The Kier molecular flexibility index (Phi) is 8.67. The van der Waals surface area contributed by atoms with Gasteiger partial charge in [-0.3, -0.25) is 4.79 Å². The Morgan fingerprint density at radius 1 is 1.36 bits per heavy atom. The van der Waals surface area contributed by atoms with Crippen molar-refractivity contribution in [3.05, 3.63) is 42.0 Å². The Labute approximate surface area is 165 Å². The molecule has 1 fully saturated rings. The molecule has 28 heavy (non-hydrogen) atoms. The Hall–Kier alpha value is -2.18. The quantitative estimate of drug-likeness (QED) is 0.396. The molecule has 0 spiro atoms. The highest BCUT2D eigenvalue weighted by molar-refractivity contribution is 5.85. The minimum atomic E-state index is -1.05. The molecule has 0 aromatic heterocycles. The highest BCUT2D eigenvalue weighted by Gasteiger charge is 2.39. The molecule has 4 atom stereocenters. The first-order valence-electron chi connectivity index (χ1n) is 9.91. The van der Waals surface area contributed by atoms with Gasteiger partial charge in [0.05, 0.1) is 12.2 Å². The van der Waals surface area contributed by atoms with E-state index in [9.17, 15) is 19.8 Å². The molecule has 154 valence electrons. The smallest absolute Gasteiger partial charge is 0.341 e. The number of unbranched alkanes of at least 4 members (excludes halogenated alkanes) is 2. The lowest BCUT2D eigenvalue weighted by Gasteiger charge is -2.18. The number of carbonyl (C=O) groups excluding carboxylic acids is 1. The van der Waals surface area contributed by atoms with Crippen molar-refractivity contribution in [1.82, 2.24) is 0 Å². The first kappa shape index (κ1) is 22.1. The normalized spacial score (nSPS) is 23.2. The summed E-state index contributed by atoms with van der Waals surface area (Å²) >= 11 is 0. The summed E-state index contributed by atoms with van der Waals surface area (Å²) < 4.78 is 5.19. The van der Waals surface area contributed by atoms with Gasteiger partial charge in [0.25, 0.3) is 0 Å². The van der Waals surface area contributed by atoms with Gasteiger partial charge in [-0.05, 0) is 30.5 Å². The van der Waals surface area contributed by atoms with E-state index in [-0.39, 0.29) is 24.0 Å². The van der Waals surface area contributed by atoms with Gasteiger partial charge >= 0.3 is 5.97 Å². The molecule has 0 bridgehead atoms. The number of ketones is 1. The van der Waals surface area contributed by atoms with Crippen LogP contribution in [-0.2, 0) is 16.0 Å². The minimum Gasteiger partial charge on any atom is -0.482 e. The molecule has 0 saturated heterocycles. The van der Waals surface area contributed by atoms with Gasteiger partial charge in [-0.25, -0.2) is 4.79 Å². The molecule has 1 aliphatic rings. The van der Waals surface area contributed by atoms with Crippen LogP contribution in [-0.4, -0.2) is 45.9 Å². The van der Waals surface area contributed by atoms with Crippen molar-refractivity contribution in [3.63, 3.8) is 0 Å². The first-order chi connectivity index (χ1) is 13.4. The summed E-state index contributed by atoms with van der Waals surface area (Å²) in [4.78, 5) is 23.0. The van der Waals surface area contributed by atoms with Gasteiger partial charge in [0.1, 0.15) is 11.5 Å². The number of carboxylic acid groups (broad SMARTS) is 1. The van der Waals surface area contributed by atoms with Crippen LogP contribution in [0.25, 0.3) is 0 Å². The van der Waals surface area contributed by atoms with Crippen molar-refractivity contribution in [2.24, 2.45) is 11.8 Å². The van der Waals surface area contributed by atoms with Gasteiger partial charge in [-0.15, -0.1) is 0 Å². The van der Waals surface area contributed by atoms with Gasteiger partial charge in [0.15, 0.2) is 6.61 Å². The van der Waals surface area contributed by atoms with E-state index in [1.54, 1.807) is 30.4 Å². The van der Waals surface area contributed by atoms with E-state index in [1.807, 2.05) is 6.07 Å². The van der Waals surface area contributed by atoms with E-state index in [2.05, 4.69) is 6.92 Å². The number of aliphatic hydroxyl groups excluding tert-OH is 2. The van der Waals surface area contributed by atoms with E-state index in [1.165, 1.54) is 0 Å². The maximum Gasteiger partial charge on any atom is 0.341 e. The zero-order valence-electron chi connectivity index (χ0n) is 16.3. The van der Waals surface area contributed by atoms with Crippen LogP contribution < -0.4 is 4.74 Å². The van der Waals surface area contributed by atoms with Gasteiger partial charge < -0.3 is 20.1 Å². The molecule has 0 radical (unpaired) electrons. The fraction of sp³-hybridized carbons (Fsp3) is 0.545. The Morgan fingerprint density at radius 2 is 2.14 bits per heavy atom. The van der Waals surface area contributed by atoms with E-state index in [0.717, 1.165) is 24.8 Å². The van der Waals surface area contributed by atoms with Crippen LogP contribution in [0.3, 0.4) is 0 Å². The average Bonchev–Trinajstić information content (AvgIpc) is 2.91. The average molecular weight is 390 g/mol. The summed E-state index contributed by atoms with van der Waals surface area (Å²) in [5.41, 5.74) is 0.845. The zero-order chi connectivity index (χ0) is 20.5. The lowest BCUT2D eigenvalue weighted by molar-refractivity contribution is -0.139. The number of carbonyl (C=O) groups is 2. The predicted octanol–water partition coefficient (Wildman–Crippen LogP) is 2.76. The fourth-order valence-electron chi connectivity index (χ4n) is 3.61. The molecule has 1 saturated carbocycles. The van der Waals surface area contributed by atoms with Crippen LogP contribution in [0.15, 0.2) is 36.4 Å². The second-order valence-corrected chi connectivity index (χ2v) is 7.40. The number of aliphatic hydroxyl groups is 2. The number of benzene rings is 1. The first-order valence-corrected chi connectivity index (χ1v) is 9.91. The molecule has 0 heterocycles. The molecule has 1 aromatic carbocycles. The van der Waals surface area contributed by atoms with Gasteiger partial charge in [-0.2, -0.15) is 0 Å². The number of hydrogen-bond acceptors (Lipinski definition) is 5. The maximum absolute atomic E-state index is 12.4. The van der Waals surface area contributed by atoms with Crippen LogP contribution in [0.5, 0.6) is 5.75 Å². The van der Waals surface area contributed by atoms with Gasteiger partial charge in [0.2, 0.25) is 0 Å². The topological polar surface area (TPSA) is 104 Å². The largest absolute Gasteiger partial charge is 0.482 e. The molecule has 1 aromatic rings. The monoisotopic (exact) mass is 390 g/mol. The highest BCUT2D eigenvalue weighted by Crippen LogP contribution is 2.34. The molecule has 3 unspecified atom stereocenters. The molecule has 2 rings (SSSR count). The number of ether oxygens (including phenoxy) is 1. The summed E-state index contributed by atoms with van der Waals surface area (Å²) in [5.74, 6) is -1.33. The number of Topliss-reactive ketones (excluding diaryl/α,β-unsaturated/α-hetero) is 1. The summed E-state index contributed by atoms with van der Waals surface area (Å²) in [6.07, 6.45) is 6.48.